The van der Waals surface area contributed by atoms with Crippen LogP contribution in [0, 0.1) is 5.82 Å². The molecule has 0 unspecified atom stereocenters. The monoisotopic (exact) mass is 350 g/mol. The lowest BCUT2D eigenvalue weighted by molar-refractivity contribution is -0.123. The van der Waals surface area contributed by atoms with Crippen molar-refractivity contribution in [2.75, 3.05) is 17.7 Å². The molecular weight excluding hydrogens is 335 g/mol. The summed E-state index contributed by atoms with van der Waals surface area (Å²) in [5.41, 5.74) is 1.15. The third-order valence-corrected chi connectivity index (χ3v) is 3.57. The second-order valence-electron chi connectivity index (χ2n) is 4.96. The van der Waals surface area contributed by atoms with E-state index in [1.165, 1.54) is 19.1 Å². The molecule has 2 rings (SSSR count). The maximum Gasteiger partial charge on any atom is 0.341 e. The Balaban J connectivity index is 2.04. The summed E-state index contributed by atoms with van der Waals surface area (Å²) in [7, 11) is 1.68. The highest BCUT2D eigenvalue weighted by atomic mass is 35.5. The third-order valence-electron chi connectivity index (χ3n) is 3.26. The first-order valence-electron chi connectivity index (χ1n) is 7.16. The molecule has 0 aliphatic rings. The largest absolute Gasteiger partial charge is 0.449 e. The molecule has 2 aromatic rings. The van der Waals surface area contributed by atoms with Crippen LogP contribution in [0.5, 0.6) is 0 Å². The van der Waals surface area contributed by atoms with Gasteiger partial charge in [0, 0.05) is 12.7 Å². The van der Waals surface area contributed by atoms with Gasteiger partial charge < -0.3 is 15.4 Å². The Bertz CT molecular complexity index is 767. The lowest BCUT2D eigenvalue weighted by atomic mass is 10.2. The number of nitrogens with one attached hydrogen (secondary N) is 2. The van der Waals surface area contributed by atoms with Crippen molar-refractivity contribution >= 4 is 34.9 Å². The van der Waals surface area contributed by atoms with Crippen molar-refractivity contribution < 1.29 is 18.7 Å². The van der Waals surface area contributed by atoms with Gasteiger partial charge in [0.05, 0.1) is 16.3 Å². The van der Waals surface area contributed by atoms with Gasteiger partial charge in [-0.1, -0.05) is 23.7 Å². The van der Waals surface area contributed by atoms with Crippen LogP contribution in [0.2, 0.25) is 5.02 Å². The summed E-state index contributed by atoms with van der Waals surface area (Å²) in [6.07, 6.45) is -1.05. The van der Waals surface area contributed by atoms with Gasteiger partial charge in [-0.05, 0) is 37.3 Å². The molecule has 0 heterocycles. The molecule has 0 bridgehead atoms. The zero-order chi connectivity index (χ0) is 17.7. The molecule has 1 atom stereocenters. The Hall–Kier alpha value is -2.60. The first kappa shape index (κ1) is 17.7. The fourth-order valence-corrected chi connectivity index (χ4v) is 2.20. The maximum atomic E-state index is 13.0. The summed E-state index contributed by atoms with van der Waals surface area (Å²) in [6, 6.07) is 10.4. The number of ether oxygens (including phenoxy) is 1. The van der Waals surface area contributed by atoms with Gasteiger partial charge in [0.15, 0.2) is 6.10 Å². The van der Waals surface area contributed by atoms with Crippen molar-refractivity contribution in [1.82, 2.24) is 0 Å². The standard InChI is InChI=1S/C17H16ClFN2O3/c1-10(16(22)21-15-8-7-11(19)9-13(15)18)24-17(23)12-5-3-4-6-14(12)20-2/h3-10,20H,1-2H3,(H,21,22)/t10-/m0/s1. The van der Waals surface area contributed by atoms with Crippen LogP contribution in [0.15, 0.2) is 42.5 Å². The number of hydrogen-bond donors (Lipinski definition) is 2. The van der Waals surface area contributed by atoms with Crippen LogP contribution >= 0.6 is 11.6 Å². The number of amides is 1. The molecule has 0 aliphatic heterocycles. The van der Waals surface area contributed by atoms with Crippen molar-refractivity contribution in [2.24, 2.45) is 0 Å². The molecule has 0 aliphatic carbocycles. The SMILES string of the molecule is CNc1ccccc1C(=O)O[C@@H](C)C(=O)Nc1ccc(F)cc1Cl. The first-order valence-corrected chi connectivity index (χ1v) is 7.54. The molecule has 0 fully saturated rings. The number of anilines is 2. The van der Waals surface area contributed by atoms with E-state index in [1.54, 1.807) is 31.3 Å². The van der Waals surface area contributed by atoms with Gasteiger partial charge in [-0.15, -0.1) is 0 Å². The van der Waals surface area contributed by atoms with Crippen LogP contribution in [-0.2, 0) is 9.53 Å². The number of carbonyl (C=O) groups is 2. The maximum absolute atomic E-state index is 13.0. The molecular formula is C17H16ClFN2O3. The number of esters is 1. The number of carbonyl (C=O) groups excluding carboxylic acids is 2. The summed E-state index contributed by atoms with van der Waals surface area (Å²) >= 11 is 5.85. The van der Waals surface area contributed by atoms with E-state index in [4.69, 9.17) is 16.3 Å². The zero-order valence-electron chi connectivity index (χ0n) is 13.1. The number of halogens is 2. The minimum atomic E-state index is -1.05. The summed E-state index contributed by atoms with van der Waals surface area (Å²) in [4.78, 5) is 24.3. The molecule has 5 nitrogen and oxygen atoms in total. The second-order valence-corrected chi connectivity index (χ2v) is 5.36. The normalized spacial score (nSPS) is 11.5. The summed E-state index contributed by atoms with van der Waals surface area (Å²) < 4.78 is 18.2. The van der Waals surface area contributed by atoms with Crippen molar-refractivity contribution in [3.8, 4) is 0 Å². The van der Waals surface area contributed by atoms with Crippen molar-refractivity contribution in [2.45, 2.75) is 13.0 Å². The van der Waals surface area contributed by atoms with Crippen LogP contribution in [0.1, 0.15) is 17.3 Å². The van der Waals surface area contributed by atoms with E-state index in [9.17, 15) is 14.0 Å². The average Bonchev–Trinajstić information content (AvgIpc) is 2.57. The van der Waals surface area contributed by atoms with Gasteiger partial charge >= 0.3 is 5.97 Å². The zero-order valence-corrected chi connectivity index (χ0v) is 13.9. The Morgan fingerprint density at radius 2 is 1.88 bits per heavy atom. The van der Waals surface area contributed by atoms with E-state index in [0.717, 1.165) is 6.07 Å². The molecule has 24 heavy (non-hydrogen) atoms. The molecule has 0 saturated heterocycles. The topological polar surface area (TPSA) is 67.4 Å². The van der Waals surface area contributed by atoms with Crippen LogP contribution in [-0.4, -0.2) is 25.0 Å². The van der Waals surface area contributed by atoms with Crippen LogP contribution in [0.4, 0.5) is 15.8 Å². The smallest absolute Gasteiger partial charge is 0.341 e. The van der Waals surface area contributed by atoms with E-state index in [0.29, 0.717) is 11.3 Å². The number of benzene rings is 2. The predicted molar refractivity (Wildman–Crippen MR) is 90.9 cm³/mol. The minimum Gasteiger partial charge on any atom is -0.449 e. The molecule has 0 radical (unpaired) electrons. The molecule has 0 saturated carbocycles. The van der Waals surface area contributed by atoms with Gasteiger partial charge in [-0.3, -0.25) is 4.79 Å². The van der Waals surface area contributed by atoms with E-state index in [1.807, 2.05) is 0 Å². The van der Waals surface area contributed by atoms with Crippen molar-refractivity contribution in [1.29, 1.82) is 0 Å². The Morgan fingerprint density at radius 3 is 2.54 bits per heavy atom. The quantitative estimate of drug-likeness (QED) is 0.807. The molecule has 0 spiro atoms. The summed E-state index contributed by atoms with van der Waals surface area (Å²) in [6.45, 7) is 1.44. The van der Waals surface area contributed by atoms with E-state index in [-0.39, 0.29) is 10.7 Å². The highest BCUT2D eigenvalue weighted by Gasteiger charge is 2.21. The molecule has 126 valence electrons. The fraction of sp³-hybridized carbons (Fsp3) is 0.176. The Kier molecular flexibility index (Phi) is 5.76. The van der Waals surface area contributed by atoms with Crippen LogP contribution < -0.4 is 10.6 Å². The number of rotatable bonds is 5. The Labute approximate surface area is 143 Å². The minimum absolute atomic E-state index is 0.0578. The number of para-hydroxylation sites is 1. The predicted octanol–water partition coefficient (Wildman–Crippen LogP) is 3.70. The van der Waals surface area contributed by atoms with E-state index in [2.05, 4.69) is 10.6 Å². The molecule has 2 N–H and O–H groups in total. The lowest BCUT2D eigenvalue weighted by Crippen LogP contribution is -2.30. The van der Waals surface area contributed by atoms with Gasteiger partial charge in [-0.25, -0.2) is 9.18 Å². The van der Waals surface area contributed by atoms with Crippen LogP contribution in [0.3, 0.4) is 0 Å². The highest BCUT2D eigenvalue weighted by Crippen LogP contribution is 2.23. The molecule has 0 aromatic heterocycles. The van der Waals surface area contributed by atoms with Crippen molar-refractivity contribution in [3.63, 3.8) is 0 Å². The highest BCUT2D eigenvalue weighted by molar-refractivity contribution is 6.33. The molecule has 7 heteroatoms. The Morgan fingerprint density at radius 1 is 1.17 bits per heavy atom. The summed E-state index contributed by atoms with van der Waals surface area (Å²) in [5.74, 6) is -1.72. The van der Waals surface area contributed by atoms with Gasteiger partial charge in [0.25, 0.3) is 5.91 Å². The second kappa shape index (κ2) is 7.79. The average molecular weight is 351 g/mol. The number of hydrogen-bond acceptors (Lipinski definition) is 4. The van der Waals surface area contributed by atoms with Crippen LogP contribution in [0.25, 0.3) is 0 Å². The summed E-state index contributed by atoms with van der Waals surface area (Å²) in [5, 5.41) is 5.43. The first-order chi connectivity index (χ1) is 11.4. The fourth-order valence-electron chi connectivity index (χ4n) is 1.98. The molecule has 2 aromatic carbocycles. The lowest BCUT2D eigenvalue weighted by Gasteiger charge is -2.15. The van der Waals surface area contributed by atoms with Crippen molar-refractivity contribution in [3.05, 3.63) is 58.9 Å². The van der Waals surface area contributed by atoms with Gasteiger partial charge in [0.1, 0.15) is 5.82 Å². The van der Waals surface area contributed by atoms with E-state index >= 15 is 0 Å². The van der Waals surface area contributed by atoms with Gasteiger partial charge in [0.2, 0.25) is 0 Å². The third kappa shape index (κ3) is 4.23. The van der Waals surface area contributed by atoms with Gasteiger partial charge in [-0.2, -0.15) is 0 Å². The van der Waals surface area contributed by atoms with E-state index < -0.39 is 23.8 Å². The molecule has 1 amide bonds.